The summed E-state index contributed by atoms with van der Waals surface area (Å²) in [4.78, 5) is 0. The molecule has 0 aliphatic rings. The smallest absolute Gasteiger partial charge is 0.0476 e. The summed E-state index contributed by atoms with van der Waals surface area (Å²) in [5.41, 5.74) is 2.76. The summed E-state index contributed by atoms with van der Waals surface area (Å²) in [5, 5.41) is 0. The molecule has 1 heteroatoms. The second-order valence-electron chi connectivity index (χ2n) is 6.54. The minimum absolute atomic E-state index is 0.647. The standard InChI is InChI=1S/C21H35Cl/c1-2-3-4-5-6-7-8-9-10-11-12-13-16-20-17-14-15-18-21(20)19-22/h14-15,17-18H,2-13,16,19H2,1H3. The number of hydrogen-bond acceptors (Lipinski definition) is 0. The molecule has 0 N–H and O–H groups in total. The molecule has 0 nitrogen and oxygen atoms in total. The van der Waals surface area contributed by atoms with Crippen LogP contribution in [0, 0.1) is 0 Å². The maximum Gasteiger partial charge on any atom is 0.0476 e. The third-order valence-corrected chi connectivity index (χ3v) is 4.85. The Morgan fingerprint density at radius 3 is 1.59 bits per heavy atom. The second-order valence-corrected chi connectivity index (χ2v) is 6.81. The van der Waals surface area contributed by atoms with E-state index in [2.05, 4.69) is 31.2 Å². The molecule has 0 spiro atoms. The molecule has 1 aromatic rings. The summed E-state index contributed by atoms with van der Waals surface area (Å²) in [6.45, 7) is 2.29. The Morgan fingerprint density at radius 1 is 0.636 bits per heavy atom. The van der Waals surface area contributed by atoms with Crippen molar-refractivity contribution in [3.05, 3.63) is 35.4 Å². The zero-order valence-electron chi connectivity index (χ0n) is 14.6. The maximum atomic E-state index is 5.98. The van der Waals surface area contributed by atoms with Gasteiger partial charge in [0.15, 0.2) is 0 Å². The molecule has 22 heavy (non-hydrogen) atoms. The molecule has 0 aliphatic carbocycles. The Hall–Kier alpha value is -0.490. The van der Waals surface area contributed by atoms with Crippen LogP contribution in [-0.2, 0) is 12.3 Å². The third kappa shape index (κ3) is 9.51. The van der Waals surface area contributed by atoms with Gasteiger partial charge < -0.3 is 0 Å². The number of halogens is 1. The van der Waals surface area contributed by atoms with Gasteiger partial charge in [-0.1, -0.05) is 102 Å². The molecular formula is C21H35Cl. The van der Waals surface area contributed by atoms with E-state index in [0.717, 1.165) is 0 Å². The van der Waals surface area contributed by atoms with Crippen LogP contribution in [0.1, 0.15) is 95.1 Å². The van der Waals surface area contributed by atoms with Crippen molar-refractivity contribution in [2.45, 2.75) is 96.3 Å². The third-order valence-electron chi connectivity index (χ3n) is 4.56. The van der Waals surface area contributed by atoms with Gasteiger partial charge in [0.1, 0.15) is 0 Å². The lowest BCUT2D eigenvalue weighted by molar-refractivity contribution is 0.544. The van der Waals surface area contributed by atoms with Gasteiger partial charge in [0, 0.05) is 5.88 Å². The maximum absolute atomic E-state index is 5.98. The molecule has 126 valence electrons. The van der Waals surface area contributed by atoms with E-state index in [1.165, 1.54) is 94.6 Å². The molecule has 0 aliphatic heterocycles. The van der Waals surface area contributed by atoms with Gasteiger partial charge in [-0.2, -0.15) is 0 Å². The first-order valence-electron chi connectivity index (χ1n) is 9.51. The van der Waals surface area contributed by atoms with Crippen molar-refractivity contribution in [3.63, 3.8) is 0 Å². The molecule has 0 amide bonds. The molecule has 0 heterocycles. The summed E-state index contributed by atoms with van der Waals surface area (Å²) < 4.78 is 0. The molecule has 1 rings (SSSR count). The highest BCUT2D eigenvalue weighted by Crippen LogP contribution is 2.16. The fraction of sp³-hybridized carbons (Fsp3) is 0.714. The van der Waals surface area contributed by atoms with Crippen molar-refractivity contribution in [1.29, 1.82) is 0 Å². The summed E-state index contributed by atoms with van der Waals surface area (Å²) in [7, 11) is 0. The van der Waals surface area contributed by atoms with Gasteiger partial charge in [-0.3, -0.25) is 0 Å². The SMILES string of the molecule is CCCCCCCCCCCCCCc1ccccc1CCl. The Kier molecular flexibility index (Phi) is 12.6. The molecule has 0 saturated heterocycles. The van der Waals surface area contributed by atoms with E-state index in [-0.39, 0.29) is 0 Å². The Morgan fingerprint density at radius 2 is 1.09 bits per heavy atom. The summed E-state index contributed by atoms with van der Waals surface area (Å²) in [6.07, 6.45) is 18.2. The van der Waals surface area contributed by atoms with Gasteiger partial charge in [0.25, 0.3) is 0 Å². The number of benzene rings is 1. The first-order chi connectivity index (χ1) is 10.9. The van der Waals surface area contributed by atoms with Crippen LogP contribution in [0.4, 0.5) is 0 Å². The van der Waals surface area contributed by atoms with Crippen molar-refractivity contribution in [2.24, 2.45) is 0 Å². The minimum atomic E-state index is 0.647. The van der Waals surface area contributed by atoms with Crippen LogP contribution in [0.25, 0.3) is 0 Å². The minimum Gasteiger partial charge on any atom is -0.122 e. The molecule has 0 radical (unpaired) electrons. The fourth-order valence-electron chi connectivity index (χ4n) is 3.09. The Balaban J connectivity index is 1.89. The zero-order chi connectivity index (χ0) is 15.9. The lowest BCUT2D eigenvalue weighted by atomic mass is 10.0. The van der Waals surface area contributed by atoms with E-state index in [1.54, 1.807) is 0 Å². The van der Waals surface area contributed by atoms with Crippen LogP contribution >= 0.6 is 11.6 Å². The highest BCUT2D eigenvalue weighted by Gasteiger charge is 2.00. The van der Waals surface area contributed by atoms with E-state index >= 15 is 0 Å². The lowest BCUT2D eigenvalue weighted by Crippen LogP contribution is -1.92. The van der Waals surface area contributed by atoms with Gasteiger partial charge in [0.2, 0.25) is 0 Å². The van der Waals surface area contributed by atoms with E-state index in [1.807, 2.05) is 0 Å². The van der Waals surface area contributed by atoms with Crippen molar-refractivity contribution >= 4 is 11.6 Å². The van der Waals surface area contributed by atoms with Crippen molar-refractivity contribution in [2.75, 3.05) is 0 Å². The molecule has 0 atom stereocenters. The van der Waals surface area contributed by atoms with Gasteiger partial charge >= 0.3 is 0 Å². The largest absolute Gasteiger partial charge is 0.122 e. The zero-order valence-corrected chi connectivity index (χ0v) is 15.3. The number of unbranched alkanes of at least 4 members (excludes halogenated alkanes) is 11. The molecule has 1 aromatic carbocycles. The number of alkyl halides is 1. The van der Waals surface area contributed by atoms with Crippen molar-refractivity contribution in [1.82, 2.24) is 0 Å². The Bertz CT molecular complexity index is 359. The van der Waals surface area contributed by atoms with Crippen LogP contribution in [0.2, 0.25) is 0 Å². The molecular weight excluding hydrogens is 288 g/mol. The molecule has 0 bridgehead atoms. The van der Waals surface area contributed by atoms with E-state index in [0.29, 0.717) is 5.88 Å². The average Bonchev–Trinajstić information content (AvgIpc) is 2.56. The van der Waals surface area contributed by atoms with Crippen LogP contribution < -0.4 is 0 Å². The van der Waals surface area contributed by atoms with Gasteiger partial charge in [-0.25, -0.2) is 0 Å². The summed E-state index contributed by atoms with van der Waals surface area (Å²) in [6, 6.07) is 8.61. The highest BCUT2D eigenvalue weighted by atomic mass is 35.5. The first kappa shape index (κ1) is 19.6. The predicted molar refractivity (Wildman–Crippen MR) is 101 cm³/mol. The van der Waals surface area contributed by atoms with Gasteiger partial charge in [0.05, 0.1) is 0 Å². The van der Waals surface area contributed by atoms with Crippen LogP contribution in [0.5, 0.6) is 0 Å². The monoisotopic (exact) mass is 322 g/mol. The normalized spacial score (nSPS) is 11.0. The second kappa shape index (κ2) is 14.1. The Labute approximate surface area is 143 Å². The summed E-state index contributed by atoms with van der Waals surface area (Å²) >= 11 is 5.98. The van der Waals surface area contributed by atoms with Gasteiger partial charge in [-0.05, 0) is 24.0 Å². The van der Waals surface area contributed by atoms with E-state index < -0.39 is 0 Å². The number of hydrogen-bond donors (Lipinski definition) is 0. The predicted octanol–water partition coefficient (Wildman–Crippen LogP) is 7.67. The first-order valence-corrected chi connectivity index (χ1v) is 10.0. The summed E-state index contributed by atoms with van der Waals surface area (Å²) in [5.74, 6) is 0.647. The van der Waals surface area contributed by atoms with Crippen LogP contribution in [0.3, 0.4) is 0 Å². The molecule has 0 unspecified atom stereocenters. The molecule has 0 fully saturated rings. The number of rotatable bonds is 14. The quantitative estimate of drug-likeness (QED) is 0.243. The van der Waals surface area contributed by atoms with Crippen LogP contribution in [0.15, 0.2) is 24.3 Å². The number of aryl methyl sites for hydroxylation is 1. The molecule has 0 aromatic heterocycles. The van der Waals surface area contributed by atoms with Crippen LogP contribution in [-0.4, -0.2) is 0 Å². The topological polar surface area (TPSA) is 0 Å². The van der Waals surface area contributed by atoms with Crippen molar-refractivity contribution < 1.29 is 0 Å². The highest BCUT2D eigenvalue weighted by molar-refractivity contribution is 6.17. The van der Waals surface area contributed by atoms with Crippen molar-refractivity contribution in [3.8, 4) is 0 Å². The fourth-order valence-corrected chi connectivity index (χ4v) is 3.35. The van der Waals surface area contributed by atoms with Gasteiger partial charge in [-0.15, -0.1) is 11.6 Å². The van der Waals surface area contributed by atoms with E-state index in [9.17, 15) is 0 Å². The van der Waals surface area contributed by atoms with E-state index in [4.69, 9.17) is 11.6 Å². The molecule has 0 saturated carbocycles. The lowest BCUT2D eigenvalue weighted by Gasteiger charge is -2.07. The average molecular weight is 323 g/mol.